The average molecular weight is 491 g/mol. The highest BCUT2D eigenvalue weighted by Crippen LogP contribution is 2.07. The summed E-state index contributed by atoms with van der Waals surface area (Å²) in [6.45, 7) is 0.573. The van der Waals surface area contributed by atoms with Crippen molar-refractivity contribution in [2.75, 3.05) is 6.61 Å². The molecule has 35 heavy (non-hydrogen) atoms. The summed E-state index contributed by atoms with van der Waals surface area (Å²) < 4.78 is 0. The van der Waals surface area contributed by atoms with Gasteiger partial charge in [-0.1, -0.05) is 30.3 Å². The number of carbonyl (C=O) groups excluding carboxylic acids is 3. The number of aliphatic hydroxyl groups is 2. The lowest BCUT2D eigenvalue weighted by atomic mass is 10.0. The molecule has 0 fully saturated rings. The van der Waals surface area contributed by atoms with Gasteiger partial charge in [0.2, 0.25) is 17.7 Å². The number of nitrogens with two attached hydrogens (primary N) is 1. The maximum absolute atomic E-state index is 13.2. The van der Waals surface area contributed by atoms with E-state index in [1.54, 1.807) is 30.3 Å². The van der Waals surface area contributed by atoms with Gasteiger partial charge in [0.25, 0.3) is 0 Å². The van der Waals surface area contributed by atoms with Crippen LogP contribution < -0.4 is 21.7 Å². The van der Waals surface area contributed by atoms with Crippen LogP contribution in [0.5, 0.6) is 0 Å². The Hall–Kier alpha value is -3.81. The third kappa shape index (κ3) is 8.48. The van der Waals surface area contributed by atoms with Crippen molar-refractivity contribution in [3.05, 3.63) is 54.1 Å². The molecule has 0 aliphatic heterocycles. The van der Waals surface area contributed by atoms with Gasteiger partial charge in [0.1, 0.15) is 18.1 Å². The lowest BCUT2D eigenvalue weighted by Crippen LogP contribution is -2.59. The van der Waals surface area contributed by atoms with Crippen LogP contribution in [0.3, 0.4) is 0 Å². The predicted molar refractivity (Wildman–Crippen MR) is 123 cm³/mol. The first-order valence-corrected chi connectivity index (χ1v) is 10.8. The van der Waals surface area contributed by atoms with Crippen molar-refractivity contribution in [1.82, 2.24) is 25.9 Å². The Balaban J connectivity index is 2.26. The van der Waals surface area contributed by atoms with E-state index in [0.29, 0.717) is 11.3 Å². The van der Waals surface area contributed by atoms with Crippen molar-refractivity contribution >= 4 is 23.7 Å². The first kappa shape index (κ1) is 27.4. The number of aliphatic hydroxyl groups excluding tert-OH is 2. The Kier molecular flexibility index (Phi) is 10.3. The molecule has 0 radical (unpaired) electrons. The van der Waals surface area contributed by atoms with Gasteiger partial charge in [-0.25, -0.2) is 9.78 Å². The molecule has 0 saturated heterocycles. The normalized spacial score (nSPS) is 15.2. The van der Waals surface area contributed by atoms with E-state index in [-0.39, 0.29) is 12.8 Å². The number of aromatic nitrogens is 2. The van der Waals surface area contributed by atoms with Gasteiger partial charge in [0.05, 0.1) is 19.0 Å². The average Bonchev–Trinajstić information content (AvgIpc) is 3.34. The van der Waals surface area contributed by atoms with Gasteiger partial charge >= 0.3 is 5.97 Å². The van der Waals surface area contributed by atoms with Gasteiger partial charge in [-0.3, -0.25) is 14.4 Å². The molecule has 3 amide bonds. The van der Waals surface area contributed by atoms with E-state index in [9.17, 15) is 29.4 Å². The van der Waals surface area contributed by atoms with Crippen LogP contribution in [0, 0.1) is 0 Å². The third-order valence-electron chi connectivity index (χ3n) is 5.11. The highest BCUT2D eigenvalue weighted by atomic mass is 16.4. The van der Waals surface area contributed by atoms with Crippen molar-refractivity contribution in [3.8, 4) is 0 Å². The third-order valence-corrected chi connectivity index (χ3v) is 5.11. The Bertz CT molecular complexity index is 983. The minimum absolute atomic E-state index is 0.0559. The van der Waals surface area contributed by atoms with E-state index in [0.717, 1.165) is 0 Å². The maximum Gasteiger partial charge on any atom is 0.328 e. The number of aliphatic carboxylic acids is 1. The van der Waals surface area contributed by atoms with E-state index in [1.165, 1.54) is 19.4 Å². The standard InChI is InChI=1S/C22H30N6O7/c1-12(30)18(22(34)35)28-21(33)17(8-14-9-24-11-25-14)27-20(32)16(26-19(31)15(23)10-29)7-13-5-3-2-4-6-13/h2-6,9,11-12,15-18,29-30H,7-8,10,23H2,1H3,(H,24,25)(H,26,31)(H,27,32)(H,28,33)(H,34,35). The van der Waals surface area contributed by atoms with E-state index < -0.39 is 60.6 Å². The fourth-order valence-corrected chi connectivity index (χ4v) is 3.16. The van der Waals surface area contributed by atoms with Crippen LogP contribution in [0.25, 0.3) is 0 Å². The number of nitrogens with zero attached hydrogens (tertiary/aromatic N) is 1. The molecule has 13 heteroatoms. The Morgan fingerprint density at radius 3 is 2.14 bits per heavy atom. The zero-order valence-electron chi connectivity index (χ0n) is 19.0. The van der Waals surface area contributed by atoms with Gasteiger partial charge in [0, 0.05) is 24.7 Å². The van der Waals surface area contributed by atoms with Gasteiger partial charge in [-0.05, 0) is 12.5 Å². The smallest absolute Gasteiger partial charge is 0.328 e. The maximum atomic E-state index is 13.2. The Morgan fingerprint density at radius 1 is 1.00 bits per heavy atom. The van der Waals surface area contributed by atoms with Crippen LogP contribution in [-0.2, 0) is 32.0 Å². The number of aromatic amines is 1. The molecule has 9 N–H and O–H groups in total. The molecule has 2 rings (SSSR count). The van der Waals surface area contributed by atoms with Crippen LogP contribution in [0.15, 0.2) is 42.9 Å². The second-order valence-corrected chi connectivity index (χ2v) is 7.95. The molecule has 5 unspecified atom stereocenters. The summed E-state index contributed by atoms with van der Waals surface area (Å²) in [6, 6.07) is 3.48. The number of carboxylic acids is 1. The minimum Gasteiger partial charge on any atom is -0.480 e. The quantitative estimate of drug-likeness (QED) is 0.148. The molecule has 2 aromatic rings. The lowest BCUT2D eigenvalue weighted by molar-refractivity contribution is -0.145. The van der Waals surface area contributed by atoms with Crippen LogP contribution in [0.4, 0.5) is 0 Å². The summed E-state index contributed by atoms with van der Waals surface area (Å²) in [5, 5.41) is 35.4. The molecular weight excluding hydrogens is 460 g/mol. The number of benzene rings is 1. The molecule has 0 aliphatic rings. The number of hydrogen-bond donors (Lipinski definition) is 8. The predicted octanol–water partition coefficient (Wildman–Crippen LogP) is -2.57. The molecule has 190 valence electrons. The number of carbonyl (C=O) groups is 4. The van der Waals surface area contributed by atoms with E-state index >= 15 is 0 Å². The largest absolute Gasteiger partial charge is 0.480 e. The number of nitrogens with one attached hydrogen (secondary N) is 4. The molecule has 1 aromatic heterocycles. The first-order valence-electron chi connectivity index (χ1n) is 10.8. The molecule has 13 nitrogen and oxygen atoms in total. The highest BCUT2D eigenvalue weighted by molar-refractivity contribution is 5.94. The number of imidazole rings is 1. The topological polar surface area (TPSA) is 220 Å². The van der Waals surface area contributed by atoms with Crippen molar-refractivity contribution in [2.45, 2.75) is 50.0 Å². The lowest BCUT2D eigenvalue weighted by Gasteiger charge is -2.25. The van der Waals surface area contributed by atoms with Crippen molar-refractivity contribution in [3.63, 3.8) is 0 Å². The summed E-state index contributed by atoms with van der Waals surface area (Å²) in [6.07, 6.45) is 1.38. The number of carboxylic acid groups (broad SMARTS) is 1. The Morgan fingerprint density at radius 2 is 1.60 bits per heavy atom. The van der Waals surface area contributed by atoms with Gasteiger partial charge in [0.15, 0.2) is 6.04 Å². The van der Waals surface area contributed by atoms with Crippen molar-refractivity contribution < 1.29 is 34.5 Å². The molecule has 0 spiro atoms. The SMILES string of the molecule is CC(O)C(NC(=O)C(Cc1cnc[nH]1)NC(=O)C(Cc1ccccc1)NC(=O)C(N)CO)C(=O)O. The second kappa shape index (κ2) is 13.2. The molecule has 1 aromatic carbocycles. The van der Waals surface area contributed by atoms with Crippen molar-refractivity contribution in [1.29, 1.82) is 0 Å². The number of amides is 3. The summed E-state index contributed by atoms with van der Waals surface area (Å²) in [5.41, 5.74) is 6.74. The van der Waals surface area contributed by atoms with Crippen LogP contribution in [0.2, 0.25) is 0 Å². The fourth-order valence-electron chi connectivity index (χ4n) is 3.16. The molecule has 0 saturated carbocycles. The fraction of sp³-hybridized carbons (Fsp3) is 0.409. The number of hydrogen-bond acceptors (Lipinski definition) is 8. The van der Waals surface area contributed by atoms with E-state index in [1.807, 2.05) is 0 Å². The van der Waals surface area contributed by atoms with Crippen LogP contribution in [0.1, 0.15) is 18.2 Å². The zero-order chi connectivity index (χ0) is 26.0. The molecule has 1 heterocycles. The molecule has 5 atom stereocenters. The van der Waals surface area contributed by atoms with E-state index in [4.69, 9.17) is 10.8 Å². The minimum atomic E-state index is -1.61. The Labute approximate surface area is 201 Å². The van der Waals surface area contributed by atoms with Crippen LogP contribution in [-0.4, -0.2) is 85.9 Å². The monoisotopic (exact) mass is 490 g/mol. The first-order chi connectivity index (χ1) is 16.6. The summed E-state index contributed by atoms with van der Waals surface area (Å²) >= 11 is 0. The molecular formula is C22H30N6O7. The van der Waals surface area contributed by atoms with Crippen molar-refractivity contribution in [2.24, 2.45) is 5.73 Å². The number of rotatable bonds is 13. The highest BCUT2D eigenvalue weighted by Gasteiger charge is 2.32. The zero-order valence-corrected chi connectivity index (χ0v) is 19.0. The molecule has 0 bridgehead atoms. The number of H-pyrrole nitrogens is 1. The van der Waals surface area contributed by atoms with Gasteiger partial charge in [-0.15, -0.1) is 0 Å². The van der Waals surface area contributed by atoms with Gasteiger partial charge in [-0.2, -0.15) is 0 Å². The second-order valence-electron chi connectivity index (χ2n) is 7.95. The molecule has 0 aliphatic carbocycles. The summed E-state index contributed by atoms with van der Waals surface area (Å²) in [7, 11) is 0. The van der Waals surface area contributed by atoms with Gasteiger partial charge < -0.3 is 42.0 Å². The van der Waals surface area contributed by atoms with E-state index in [2.05, 4.69) is 25.9 Å². The summed E-state index contributed by atoms with van der Waals surface area (Å²) in [4.78, 5) is 56.4. The van der Waals surface area contributed by atoms with Crippen LogP contribution >= 0.6 is 0 Å². The summed E-state index contributed by atoms with van der Waals surface area (Å²) in [5.74, 6) is -3.82.